The number of carbonyl (C=O) groups is 1. The number of nitrogens with zero attached hydrogens (tertiary/aromatic N) is 3. The van der Waals surface area contributed by atoms with E-state index in [1.54, 1.807) is 0 Å². The minimum absolute atomic E-state index is 0.176. The summed E-state index contributed by atoms with van der Waals surface area (Å²) in [4.78, 5) is 20.0. The molecule has 2 heterocycles. The predicted octanol–water partition coefficient (Wildman–Crippen LogP) is 1.06. The summed E-state index contributed by atoms with van der Waals surface area (Å²) in [5.74, 6) is 0.601. The first-order valence-electron chi connectivity index (χ1n) is 5.29. The van der Waals surface area contributed by atoms with Gasteiger partial charge < -0.3 is 5.32 Å². The van der Waals surface area contributed by atoms with Gasteiger partial charge in [-0.05, 0) is 6.92 Å². The van der Waals surface area contributed by atoms with Crippen LogP contribution >= 0.6 is 11.3 Å². The molecule has 2 aromatic heterocycles. The number of H-pyrrole nitrogens is 1. The van der Waals surface area contributed by atoms with Crippen molar-refractivity contribution in [3.05, 3.63) is 27.7 Å². The average molecular weight is 251 g/mol. The second-order valence-electron chi connectivity index (χ2n) is 3.52. The van der Waals surface area contributed by atoms with Crippen LogP contribution in [0.15, 0.2) is 5.38 Å². The van der Waals surface area contributed by atoms with Crippen LogP contribution in [0.25, 0.3) is 0 Å². The molecule has 0 aliphatic rings. The molecule has 0 saturated heterocycles. The van der Waals surface area contributed by atoms with E-state index in [9.17, 15) is 4.79 Å². The van der Waals surface area contributed by atoms with Crippen molar-refractivity contribution in [3.63, 3.8) is 0 Å². The first-order chi connectivity index (χ1) is 8.19. The fraction of sp³-hybridized carbons (Fsp3) is 0.400. The van der Waals surface area contributed by atoms with Crippen molar-refractivity contribution in [2.75, 3.05) is 0 Å². The van der Waals surface area contributed by atoms with E-state index in [4.69, 9.17) is 0 Å². The number of hydrogen-bond donors (Lipinski definition) is 2. The zero-order valence-electron chi connectivity index (χ0n) is 9.65. The number of aryl methyl sites for hydroxylation is 2. The van der Waals surface area contributed by atoms with E-state index in [0.29, 0.717) is 12.4 Å². The maximum absolute atomic E-state index is 11.7. The first-order valence-corrected chi connectivity index (χ1v) is 6.17. The number of carbonyl (C=O) groups excluding carboxylic acids is 1. The number of nitrogens with one attached hydrogen (secondary N) is 2. The Labute approximate surface area is 103 Å². The first kappa shape index (κ1) is 11.7. The SMILES string of the molecule is CCc1nc(C(=O)NCc2nc(C)cs2)n[nH]1. The Morgan fingerprint density at radius 2 is 2.35 bits per heavy atom. The summed E-state index contributed by atoms with van der Waals surface area (Å²) in [7, 11) is 0. The van der Waals surface area contributed by atoms with Crippen LogP contribution in [0.2, 0.25) is 0 Å². The van der Waals surface area contributed by atoms with Crippen molar-refractivity contribution >= 4 is 17.2 Å². The Kier molecular flexibility index (Phi) is 3.48. The van der Waals surface area contributed by atoms with Gasteiger partial charge in [0.15, 0.2) is 0 Å². The maximum atomic E-state index is 11.7. The number of amides is 1. The minimum atomic E-state index is -0.284. The van der Waals surface area contributed by atoms with Gasteiger partial charge in [-0.2, -0.15) is 0 Å². The third kappa shape index (κ3) is 2.88. The van der Waals surface area contributed by atoms with E-state index >= 15 is 0 Å². The van der Waals surface area contributed by atoms with Crippen molar-refractivity contribution in [3.8, 4) is 0 Å². The Bertz CT molecular complexity index is 518. The van der Waals surface area contributed by atoms with E-state index < -0.39 is 0 Å². The molecule has 0 saturated carbocycles. The smallest absolute Gasteiger partial charge is 0.291 e. The lowest BCUT2D eigenvalue weighted by atomic mass is 10.4. The van der Waals surface area contributed by atoms with Crippen molar-refractivity contribution in [1.29, 1.82) is 0 Å². The van der Waals surface area contributed by atoms with Crippen LogP contribution in [0.5, 0.6) is 0 Å². The molecule has 0 atom stereocenters. The van der Waals surface area contributed by atoms with Gasteiger partial charge in [-0.25, -0.2) is 9.97 Å². The second-order valence-corrected chi connectivity index (χ2v) is 4.47. The third-order valence-corrected chi connectivity index (χ3v) is 3.10. The highest BCUT2D eigenvalue weighted by molar-refractivity contribution is 7.09. The maximum Gasteiger partial charge on any atom is 0.291 e. The van der Waals surface area contributed by atoms with Gasteiger partial charge in [0.25, 0.3) is 5.91 Å². The molecule has 0 radical (unpaired) electrons. The van der Waals surface area contributed by atoms with E-state index in [2.05, 4.69) is 25.5 Å². The molecule has 7 heteroatoms. The summed E-state index contributed by atoms with van der Waals surface area (Å²) in [5, 5.41) is 12.1. The van der Waals surface area contributed by atoms with E-state index in [0.717, 1.165) is 17.1 Å². The quantitative estimate of drug-likeness (QED) is 0.851. The zero-order chi connectivity index (χ0) is 12.3. The minimum Gasteiger partial charge on any atom is -0.343 e. The number of hydrogen-bond acceptors (Lipinski definition) is 5. The zero-order valence-corrected chi connectivity index (χ0v) is 10.5. The molecular weight excluding hydrogens is 238 g/mol. The molecular formula is C10H13N5OS. The summed E-state index contributed by atoms with van der Waals surface area (Å²) in [6.07, 6.45) is 0.728. The summed E-state index contributed by atoms with van der Waals surface area (Å²) in [5.41, 5.74) is 0.963. The molecule has 2 N–H and O–H groups in total. The van der Waals surface area contributed by atoms with Crippen molar-refractivity contribution < 1.29 is 4.79 Å². The summed E-state index contributed by atoms with van der Waals surface area (Å²) in [6, 6.07) is 0. The lowest BCUT2D eigenvalue weighted by Crippen LogP contribution is -2.24. The normalized spacial score (nSPS) is 10.5. The molecule has 0 unspecified atom stereocenters. The van der Waals surface area contributed by atoms with Gasteiger partial charge in [0.1, 0.15) is 10.8 Å². The number of rotatable bonds is 4. The molecule has 90 valence electrons. The van der Waals surface area contributed by atoms with Gasteiger partial charge in [0.05, 0.1) is 6.54 Å². The van der Waals surface area contributed by atoms with Crippen molar-refractivity contribution in [1.82, 2.24) is 25.5 Å². The molecule has 6 nitrogen and oxygen atoms in total. The van der Waals surface area contributed by atoms with E-state index in [1.165, 1.54) is 11.3 Å². The topological polar surface area (TPSA) is 83.6 Å². The number of aromatic amines is 1. The standard InChI is InChI=1S/C10H13N5OS/c1-3-7-13-9(15-14-7)10(16)11-4-8-12-6(2)5-17-8/h5H,3-4H2,1-2H3,(H,11,16)(H,13,14,15). The molecule has 0 aliphatic carbocycles. The summed E-state index contributed by atoms with van der Waals surface area (Å²) < 4.78 is 0. The molecule has 0 aliphatic heterocycles. The van der Waals surface area contributed by atoms with Crippen LogP contribution in [-0.2, 0) is 13.0 Å². The monoisotopic (exact) mass is 251 g/mol. The van der Waals surface area contributed by atoms with E-state index in [-0.39, 0.29) is 11.7 Å². The second kappa shape index (κ2) is 5.05. The largest absolute Gasteiger partial charge is 0.343 e. The fourth-order valence-electron chi connectivity index (χ4n) is 1.27. The highest BCUT2D eigenvalue weighted by atomic mass is 32.1. The Morgan fingerprint density at radius 3 is 2.94 bits per heavy atom. The van der Waals surface area contributed by atoms with Crippen LogP contribution in [0, 0.1) is 6.92 Å². The van der Waals surface area contributed by atoms with E-state index in [1.807, 2.05) is 19.2 Å². The van der Waals surface area contributed by atoms with Crippen LogP contribution in [0.4, 0.5) is 0 Å². The van der Waals surface area contributed by atoms with Crippen LogP contribution < -0.4 is 5.32 Å². The Hall–Kier alpha value is -1.76. The molecule has 2 aromatic rings. The van der Waals surface area contributed by atoms with Gasteiger partial charge in [0.2, 0.25) is 5.82 Å². The predicted molar refractivity (Wildman–Crippen MR) is 63.8 cm³/mol. The van der Waals surface area contributed by atoms with Crippen molar-refractivity contribution in [2.45, 2.75) is 26.8 Å². The van der Waals surface area contributed by atoms with Crippen LogP contribution in [-0.4, -0.2) is 26.1 Å². The van der Waals surface area contributed by atoms with Gasteiger partial charge in [-0.1, -0.05) is 6.92 Å². The average Bonchev–Trinajstić information content (AvgIpc) is 2.94. The van der Waals surface area contributed by atoms with Crippen molar-refractivity contribution in [2.24, 2.45) is 0 Å². The highest BCUT2D eigenvalue weighted by Crippen LogP contribution is 2.08. The van der Waals surface area contributed by atoms with Gasteiger partial charge in [-0.3, -0.25) is 9.89 Å². The lowest BCUT2D eigenvalue weighted by molar-refractivity contribution is 0.0941. The third-order valence-electron chi connectivity index (χ3n) is 2.14. The van der Waals surface area contributed by atoms with Crippen LogP contribution in [0.1, 0.15) is 34.1 Å². The highest BCUT2D eigenvalue weighted by Gasteiger charge is 2.11. The Balaban J connectivity index is 1.93. The molecule has 2 rings (SSSR count). The van der Waals surface area contributed by atoms with Crippen LogP contribution in [0.3, 0.4) is 0 Å². The molecule has 0 bridgehead atoms. The fourth-order valence-corrected chi connectivity index (χ4v) is 1.99. The Morgan fingerprint density at radius 1 is 1.53 bits per heavy atom. The van der Waals surface area contributed by atoms with Gasteiger partial charge >= 0.3 is 0 Å². The molecule has 17 heavy (non-hydrogen) atoms. The lowest BCUT2D eigenvalue weighted by Gasteiger charge is -1.98. The van der Waals surface area contributed by atoms with Gasteiger partial charge in [0, 0.05) is 17.5 Å². The molecule has 1 amide bonds. The van der Waals surface area contributed by atoms with Gasteiger partial charge in [-0.15, -0.1) is 16.4 Å². The summed E-state index contributed by atoms with van der Waals surface area (Å²) >= 11 is 1.52. The summed E-state index contributed by atoms with van der Waals surface area (Å²) in [6.45, 7) is 4.28. The molecule has 0 fully saturated rings. The molecule has 0 aromatic carbocycles. The molecule has 0 spiro atoms. The number of thiazole rings is 1. The number of aromatic nitrogens is 4.